The van der Waals surface area contributed by atoms with E-state index in [0.29, 0.717) is 17.6 Å². The molecule has 8 heteroatoms. The standard InChI is InChI=1S/C69H39N5O2S/c1-2-15-43(16-3-1)73-55-25-8-6-19-48(55)53-37-41(32-35-58(53)73)45-22-12-23-51-64-44(21-13-29-61(64)76-66(45)51)40-33-36-59-54(38-40)65-52(24-14-28-60(65)75-59)68-70-67(42-31-34-50-49-20-7-11-30-62(49)77-63(50)39-42)71-69(72-68)74-56-26-9-4-17-46(56)47-18-5-10-27-57(47)74/h1-39H. The number of nitrogens with zero attached hydrogens (tertiary/aromatic N) is 5. The van der Waals surface area contributed by atoms with E-state index in [9.17, 15) is 0 Å². The molecule has 0 saturated heterocycles. The fourth-order valence-electron chi connectivity index (χ4n) is 12.2. The summed E-state index contributed by atoms with van der Waals surface area (Å²) < 4.78 is 20.6. The van der Waals surface area contributed by atoms with Gasteiger partial charge in [-0.2, -0.15) is 9.97 Å². The Morgan fingerprint density at radius 2 is 0.870 bits per heavy atom. The van der Waals surface area contributed by atoms with Gasteiger partial charge in [-0.25, -0.2) is 4.98 Å². The molecule has 0 unspecified atom stereocenters. The molecule has 0 amide bonds. The van der Waals surface area contributed by atoms with E-state index in [1.165, 1.54) is 36.5 Å². The summed E-state index contributed by atoms with van der Waals surface area (Å²) in [6.07, 6.45) is 0. The SMILES string of the molecule is c1ccc(-n2c3ccccc3c3cc(-c4cccc5c4oc4cccc(-c6ccc7oc8cccc(-c9nc(-c%10ccc%11c(c%10)sc%10ccccc%10%11)nc(-n%10c%11ccccc%11c%11ccccc%11%10)n9)c8c7c6)c45)ccc32)cc1. The zero-order valence-corrected chi connectivity index (χ0v) is 41.8. The Hall–Kier alpha value is -10.2. The van der Waals surface area contributed by atoms with Gasteiger partial charge in [-0.3, -0.25) is 4.57 Å². The maximum Gasteiger partial charge on any atom is 0.238 e. The smallest absolute Gasteiger partial charge is 0.238 e. The predicted molar refractivity (Wildman–Crippen MR) is 318 cm³/mol. The van der Waals surface area contributed by atoms with Gasteiger partial charge in [0, 0.05) is 85.6 Å². The van der Waals surface area contributed by atoms with E-state index in [4.69, 9.17) is 23.8 Å². The Labute approximate surface area is 442 Å². The number of aromatic nitrogens is 5. The van der Waals surface area contributed by atoms with Crippen molar-refractivity contribution in [2.24, 2.45) is 0 Å². The molecular weight excluding hydrogens is 963 g/mol. The zero-order valence-electron chi connectivity index (χ0n) is 41.0. The Morgan fingerprint density at radius 1 is 0.312 bits per heavy atom. The number of thiophene rings is 1. The van der Waals surface area contributed by atoms with Gasteiger partial charge in [0.15, 0.2) is 11.6 Å². The molecule has 0 aliphatic heterocycles. The van der Waals surface area contributed by atoms with Crippen molar-refractivity contribution in [3.63, 3.8) is 0 Å². The first-order valence-corrected chi connectivity index (χ1v) is 26.6. The number of benzene rings is 11. The summed E-state index contributed by atoms with van der Waals surface area (Å²) in [6.45, 7) is 0. The van der Waals surface area contributed by atoms with Crippen LogP contribution in [0.2, 0.25) is 0 Å². The first-order chi connectivity index (χ1) is 38.2. The van der Waals surface area contributed by atoms with Crippen LogP contribution in [0.1, 0.15) is 0 Å². The van der Waals surface area contributed by atoms with Crippen LogP contribution in [0.25, 0.3) is 164 Å². The number of rotatable bonds is 6. The third-order valence-corrected chi connectivity index (χ3v) is 16.7. The van der Waals surface area contributed by atoms with Crippen molar-refractivity contribution in [1.82, 2.24) is 24.1 Å². The average molecular weight is 1000 g/mol. The van der Waals surface area contributed by atoms with Gasteiger partial charge in [0.05, 0.1) is 22.1 Å². The number of para-hydroxylation sites is 5. The molecule has 0 saturated carbocycles. The van der Waals surface area contributed by atoms with Gasteiger partial charge < -0.3 is 13.4 Å². The minimum Gasteiger partial charge on any atom is -0.456 e. The van der Waals surface area contributed by atoms with Gasteiger partial charge in [-0.05, 0) is 95.6 Å². The normalized spacial score (nSPS) is 12.2. The molecule has 0 spiro atoms. The van der Waals surface area contributed by atoms with E-state index in [1.807, 2.05) is 12.1 Å². The van der Waals surface area contributed by atoms with Crippen LogP contribution >= 0.6 is 11.3 Å². The Morgan fingerprint density at radius 3 is 1.68 bits per heavy atom. The van der Waals surface area contributed by atoms with Crippen LogP contribution in [0.3, 0.4) is 0 Å². The predicted octanol–water partition coefficient (Wildman–Crippen LogP) is 18.9. The molecule has 0 fully saturated rings. The third-order valence-electron chi connectivity index (χ3n) is 15.6. The van der Waals surface area contributed by atoms with Crippen LogP contribution in [0.4, 0.5) is 0 Å². The molecule has 11 aromatic carbocycles. The van der Waals surface area contributed by atoms with Gasteiger partial charge in [-0.1, -0.05) is 158 Å². The summed E-state index contributed by atoms with van der Waals surface area (Å²) >= 11 is 1.79. The summed E-state index contributed by atoms with van der Waals surface area (Å²) in [6, 6.07) is 83.7. The molecule has 0 N–H and O–H groups in total. The summed E-state index contributed by atoms with van der Waals surface area (Å²) in [5.74, 6) is 1.69. The number of hydrogen-bond acceptors (Lipinski definition) is 6. The Bertz CT molecular complexity index is 5260. The van der Waals surface area contributed by atoms with E-state index < -0.39 is 0 Å². The van der Waals surface area contributed by atoms with Crippen molar-refractivity contribution in [2.75, 3.05) is 0 Å². The Kier molecular flexibility index (Phi) is 8.87. The Balaban J connectivity index is 0.840. The molecule has 0 atom stereocenters. The highest BCUT2D eigenvalue weighted by atomic mass is 32.1. The minimum absolute atomic E-state index is 0.543. The second-order valence-electron chi connectivity index (χ2n) is 19.8. The highest BCUT2D eigenvalue weighted by molar-refractivity contribution is 7.25. The van der Waals surface area contributed by atoms with Crippen LogP contribution in [-0.4, -0.2) is 24.1 Å². The maximum absolute atomic E-state index is 6.93. The van der Waals surface area contributed by atoms with E-state index in [1.54, 1.807) is 11.3 Å². The molecule has 17 aromatic rings. The highest BCUT2D eigenvalue weighted by Gasteiger charge is 2.23. The summed E-state index contributed by atoms with van der Waals surface area (Å²) in [7, 11) is 0. The number of furan rings is 2. The van der Waals surface area contributed by atoms with E-state index in [-0.39, 0.29) is 0 Å². The lowest BCUT2D eigenvalue weighted by Crippen LogP contribution is -2.06. The lowest BCUT2D eigenvalue weighted by Gasteiger charge is -2.11. The summed E-state index contributed by atoms with van der Waals surface area (Å²) in [5.41, 5.74) is 14.8. The molecule has 0 aliphatic carbocycles. The van der Waals surface area contributed by atoms with Crippen molar-refractivity contribution in [2.45, 2.75) is 0 Å². The van der Waals surface area contributed by atoms with Crippen molar-refractivity contribution in [3.8, 4) is 56.7 Å². The molecule has 7 nitrogen and oxygen atoms in total. The zero-order chi connectivity index (χ0) is 50.3. The molecule has 0 radical (unpaired) electrons. The molecule has 0 aliphatic rings. The molecule has 6 heterocycles. The monoisotopic (exact) mass is 1000 g/mol. The van der Waals surface area contributed by atoms with Crippen LogP contribution < -0.4 is 0 Å². The van der Waals surface area contributed by atoms with Gasteiger partial charge in [0.2, 0.25) is 5.95 Å². The highest BCUT2D eigenvalue weighted by Crippen LogP contribution is 2.45. The topological polar surface area (TPSA) is 74.8 Å². The lowest BCUT2D eigenvalue weighted by molar-refractivity contribution is 0.669. The van der Waals surface area contributed by atoms with E-state index in [0.717, 1.165) is 110 Å². The molecule has 17 rings (SSSR count). The van der Waals surface area contributed by atoms with Gasteiger partial charge in [0.1, 0.15) is 22.3 Å². The molecule has 0 bridgehead atoms. The minimum atomic E-state index is 0.543. The molecule has 77 heavy (non-hydrogen) atoms. The number of fused-ring (bicyclic) bond motifs is 15. The van der Waals surface area contributed by atoms with Crippen LogP contribution in [0.15, 0.2) is 245 Å². The first-order valence-electron chi connectivity index (χ1n) is 25.8. The van der Waals surface area contributed by atoms with Crippen LogP contribution in [0.5, 0.6) is 0 Å². The quantitative estimate of drug-likeness (QED) is 0.166. The van der Waals surface area contributed by atoms with Gasteiger partial charge in [-0.15, -0.1) is 11.3 Å². The largest absolute Gasteiger partial charge is 0.456 e. The van der Waals surface area contributed by atoms with Gasteiger partial charge >= 0.3 is 0 Å². The second kappa shape index (κ2) is 16.2. The van der Waals surface area contributed by atoms with Crippen molar-refractivity contribution in [1.29, 1.82) is 0 Å². The van der Waals surface area contributed by atoms with Crippen molar-refractivity contribution < 1.29 is 8.83 Å². The molecular formula is C69H39N5O2S. The van der Waals surface area contributed by atoms with Crippen molar-refractivity contribution >= 4 is 119 Å². The first kappa shape index (κ1) is 42.2. The fourth-order valence-corrected chi connectivity index (χ4v) is 13.4. The van der Waals surface area contributed by atoms with Crippen molar-refractivity contribution in [3.05, 3.63) is 237 Å². The maximum atomic E-state index is 6.93. The average Bonchev–Trinajstić information content (AvgIpc) is 4.36. The van der Waals surface area contributed by atoms with E-state index in [2.05, 4.69) is 234 Å². The van der Waals surface area contributed by atoms with Gasteiger partial charge in [0.25, 0.3) is 0 Å². The molecule has 358 valence electrons. The lowest BCUT2D eigenvalue weighted by atomic mass is 9.95. The summed E-state index contributed by atoms with van der Waals surface area (Å²) in [4.78, 5) is 16.1. The van der Waals surface area contributed by atoms with E-state index >= 15 is 0 Å². The third kappa shape index (κ3) is 6.27. The number of hydrogen-bond donors (Lipinski definition) is 0. The van der Waals surface area contributed by atoms with Crippen LogP contribution in [-0.2, 0) is 0 Å². The summed E-state index contributed by atoms with van der Waals surface area (Å²) in [5, 5.41) is 11.2. The second-order valence-corrected chi connectivity index (χ2v) is 20.9. The molecule has 6 aromatic heterocycles. The fraction of sp³-hybridized carbons (Fsp3) is 0. The van der Waals surface area contributed by atoms with Crippen LogP contribution in [0, 0.1) is 0 Å².